The lowest BCUT2D eigenvalue weighted by Gasteiger charge is -2.06. The topological polar surface area (TPSA) is 26.3 Å². The molecule has 2 aromatic rings. The van der Waals surface area contributed by atoms with Crippen molar-refractivity contribution in [3.8, 4) is 5.75 Å². The number of aldehydes is 1. The Morgan fingerprint density at radius 1 is 1.33 bits per heavy atom. The summed E-state index contributed by atoms with van der Waals surface area (Å²) < 4.78 is 6.75. The number of rotatable bonds is 5. The van der Waals surface area contributed by atoms with E-state index in [1.165, 1.54) is 4.88 Å². The largest absolute Gasteiger partial charge is 0.489 e. The van der Waals surface area contributed by atoms with Crippen molar-refractivity contribution >= 4 is 33.6 Å². The van der Waals surface area contributed by atoms with E-state index in [1.54, 1.807) is 11.3 Å². The summed E-state index contributed by atoms with van der Waals surface area (Å²) in [6, 6.07) is 9.64. The number of ether oxygens (including phenoxy) is 1. The van der Waals surface area contributed by atoms with E-state index in [4.69, 9.17) is 4.74 Å². The van der Waals surface area contributed by atoms with Crippen LogP contribution in [0.2, 0.25) is 0 Å². The van der Waals surface area contributed by atoms with Gasteiger partial charge in [-0.25, -0.2) is 0 Å². The molecule has 0 unspecified atom stereocenters. The summed E-state index contributed by atoms with van der Waals surface area (Å²) in [4.78, 5) is 12.7. The molecule has 0 fully saturated rings. The summed E-state index contributed by atoms with van der Waals surface area (Å²) in [6.07, 6.45) is 1.82. The second-order valence-electron chi connectivity index (χ2n) is 3.81. The van der Waals surface area contributed by atoms with Crippen LogP contribution >= 0.6 is 27.3 Å². The molecule has 2 nitrogen and oxygen atoms in total. The number of aryl methyl sites for hydroxylation is 1. The molecule has 1 aromatic carbocycles. The van der Waals surface area contributed by atoms with Gasteiger partial charge in [-0.2, -0.15) is 0 Å². The van der Waals surface area contributed by atoms with Crippen molar-refractivity contribution < 1.29 is 9.53 Å². The molecule has 0 atom stereocenters. The second-order valence-corrected chi connectivity index (χ2v) is 5.90. The van der Waals surface area contributed by atoms with Gasteiger partial charge in [0.05, 0.1) is 4.88 Å². The highest BCUT2D eigenvalue weighted by atomic mass is 79.9. The Bertz CT molecular complexity index is 531. The lowest BCUT2D eigenvalue weighted by atomic mass is 10.2. The molecule has 0 spiro atoms. The van der Waals surface area contributed by atoms with Gasteiger partial charge in [-0.3, -0.25) is 4.79 Å². The third-order valence-corrected chi connectivity index (χ3v) is 4.34. The van der Waals surface area contributed by atoms with Crippen LogP contribution in [-0.4, -0.2) is 6.29 Å². The van der Waals surface area contributed by atoms with Gasteiger partial charge in [0.1, 0.15) is 12.4 Å². The summed E-state index contributed by atoms with van der Waals surface area (Å²) in [5.41, 5.74) is 1.10. The first-order valence-corrected chi connectivity index (χ1v) is 7.29. The zero-order valence-electron chi connectivity index (χ0n) is 9.98. The van der Waals surface area contributed by atoms with Crippen molar-refractivity contribution in [1.82, 2.24) is 0 Å². The molecule has 0 radical (unpaired) electrons. The average Bonchev–Trinajstić information content (AvgIpc) is 2.80. The Morgan fingerprint density at radius 2 is 2.06 bits per heavy atom. The average molecular weight is 325 g/mol. The summed E-state index contributed by atoms with van der Waals surface area (Å²) in [7, 11) is 0. The molecule has 2 rings (SSSR count). The van der Waals surface area contributed by atoms with Gasteiger partial charge in [0.15, 0.2) is 6.29 Å². The highest BCUT2D eigenvalue weighted by molar-refractivity contribution is 9.10. The van der Waals surface area contributed by atoms with Gasteiger partial charge in [-0.1, -0.05) is 22.9 Å². The lowest BCUT2D eigenvalue weighted by molar-refractivity contribution is 0.112. The first-order valence-electron chi connectivity index (χ1n) is 5.68. The van der Waals surface area contributed by atoms with Crippen LogP contribution in [0.25, 0.3) is 0 Å². The van der Waals surface area contributed by atoms with Gasteiger partial charge in [-0.15, -0.1) is 11.3 Å². The maximum atomic E-state index is 10.8. The predicted molar refractivity (Wildman–Crippen MR) is 77.6 cm³/mol. The Kier molecular flexibility index (Phi) is 4.55. The molecule has 0 N–H and O–H groups in total. The zero-order valence-corrected chi connectivity index (χ0v) is 12.4. The van der Waals surface area contributed by atoms with Crippen LogP contribution in [0, 0.1) is 0 Å². The van der Waals surface area contributed by atoms with Crippen molar-refractivity contribution in [2.24, 2.45) is 0 Å². The van der Waals surface area contributed by atoms with E-state index in [1.807, 2.05) is 30.3 Å². The number of halogens is 1. The number of hydrogen-bond acceptors (Lipinski definition) is 3. The fourth-order valence-corrected chi connectivity index (χ4v) is 2.85. The normalized spacial score (nSPS) is 10.3. The number of hydrogen-bond donors (Lipinski definition) is 0. The van der Waals surface area contributed by atoms with Crippen LogP contribution in [0.15, 0.2) is 34.8 Å². The molecule has 0 bridgehead atoms. The minimum atomic E-state index is 0.509. The number of benzene rings is 1. The number of carbonyl (C=O) groups excluding carboxylic acids is 1. The molecule has 0 aliphatic carbocycles. The van der Waals surface area contributed by atoms with E-state index in [-0.39, 0.29) is 0 Å². The fourth-order valence-electron chi connectivity index (χ4n) is 1.66. The van der Waals surface area contributed by atoms with Crippen LogP contribution in [-0.2, 0) is 13.0 Å². The Labute approximate surface area is 119 Å². The summed E-state index contributed by atoms with van der Waals surface area (Å²) >= 11 is 4.93. The Hall–Kier alpha value is -1.13. The van der Waals surface area contributed by atoms with Crippen molar-refractivity contribution in [3.05, 3.63) is 50.1 Å². The van der Waals surface area contributed by atoms with Crippen molar-refractivity contribution in [2.75, 3.05) is 0 Å². The molecule has 0 aliphatic heterocycles. The summed E-state index contributed by atoms with van der Waals surface area (Å²) in [5.74, 6) is 0.833. The van der Waals surface area contributed by atoms with Gasteiger partial charge in [0.2, 0.25) is 0 Å². The Balaban J connectivity index is 2.07. The van der Waals surface area contributed by atoms with Crippen LogP contribution in [0.3, 0.4) is 0 Å². The lowest BCUT2D eigenvalue weighted by Crippen LogP contribution is -1.96. The standard InChI is InChI=1S/C14H13BrO2S/c1-2-14-10(7-13(8-16)18-14)9-17-12-5-3-11(15)4-6-12/h3-8H,2,9H2,1H3. The summed E-state index contributed by atoms with van der Waals surface area (Å²) in [5, 5.41) is 0. The van der Waals surface area contributed by atoms with Crippen LogP contribution in [0.4, 0.5) is 0 Å². The van der Waals surface area contributed by atoms with Gasteiger partial charge < -0.3 is 4.74 Å². The van der Waals surface area contributed by atoms with Gasteiger partial charge in [0, 0.05) is 14.9 Å². The molecule has 1 aromatic heterocycles. The SMILES string of the molecule is CCc1sc(C=O)cc1COc1ccc(Br)cc1. The molecule has 18 heavy (non-hydrogen) atoms. The molecular formula is C14H13BrO2S. The smallest absolute Gasteiger partial charge is 0.160 e. The molecule has 0 saturated carbocycles. The first kappa shape index (κ1) is 13.3. The maximum absolute atomic E-state index is 10.8. The van der Waals surface area contributed by atoms with E-state index < -0.39 is 0 Å². The quantitative estimate of drug-likeness (QED) is 0.759. The molecule has 94 valence electrons. The number of carbonyl (C=O) groups is 1. The monoisotopic (exact) mass is 324 g/mol. The van der Waals surface area contributed by atoms with Crippen molar-refractivity contribution in [1.29, 1.82) is 0 Å². The molecule has 4 heteroatoms. The van der Waals surface area contributed by atoms with E-state index in [2.05, 4.69) is 22.9 Å². The van der Waals surface area contributed by atoms with Crippen molar-refractivity contribution in [2.45, 2.75) is 20.0 Å². The Morgan fingerprint density at radius 3 is 2.67 bits per heavy atom. The van der Waals surface area contributed by atoms with Crippen molar-refractivity contribution in [3.63, 3.8) is 0 Å². The molecule has 0 saturated heterocycles. The molecule has 0 amide bonds. The predicted octanol–water partition coefficient (Wildman–Crippen LogP) is 4.46. The highest BCUT2D eigenvalue weighted by Crippen LogP contribution is 2.24. The van der Waals surface area contributed by atoms with Gasteiger partial charge >= 0.3 is 0 Å². The van der Waals surface area contributed by atoms with E-state index in [9.17, 15) is 4.79 Å². The van der Waals surface area contributed by atoms with E-state index in [0.29, 0.717) is 6.61 Å². The maximum Gasteiger partial charge on any atom is 0.160 e. The molecule has 0 aliphatic rings. The first-order chi connectivity index (χ1) is 8.72. The fraction of sp³-hybridized carbons (Fsp3) is 0.214. The van der Waals surface area contributed by atoms with Crippen LogP contribution in [0.1, 0.15) is 27.0 Å². The minimum absolute atomic E-state index is 0.509. The number of thiophene rings is 1. The van der Waals surface area contributed by atoms with Gasteiger partial charge in [-0.05, 0) is 36.8 Å². The zero-order chi connectivity index (χ0) is 13.0. The third kappa shape index (κ3) is 3.21. The van der Waals surface area contributed by atoms with Crippen LogP contribution < -0.4 is 4.74 Å². The van der Waals surface area contributed by atoms with Gasteiger partial charge in [0.25, 0.3) is 0 Å². The third-order valence-electron chi connectivity index (χ3n) is 2.56. The van der Waals surface area contributed by atoms with E-state index >= 15 is 0 Å². The highest BCUT2D eigenvalue weighted by Gasteiger charge is 2.07. The molecule has 1 heterocycles. The second kappa shape index (κ2) is 6.16. The van der Waals surface area contributed by atoms with E-state index in [0.717, 1.165) is 33.4 Å². The van der Waals surface area contributed by atoms with Crippen LogP contribution in [0.5, 0.6) is 5.75 Å². The molecular weight excluding hydrogens is 312 g/mol. The minimum Gasteiger partial charge on any atom is -0.489 e. The summed E-state index contributed by atoms with van der Waals surface area (Å²) in [6.45, 7) is 2.60.